The van der Waals surface area contributed by atoms with Crippen LogP contribution in [0.1, 0.15) is 19.3 Å². The van der Waals surface area contributed by atoms with E-state index in [2.05, 4.69) is 10.3 Å². The second-order valence-corrected chi connectivity index (χ2v) is 6.56. The topological polar surface area (TPSA) is 81.2 Å². The number of rotatable bonds is 3. The van der Waals surface area contributed by atoms with Gasteiger partial charge in [0.25, 0.3) is 11.7 Å². The molecule has 4 unspecified atom stereocenters. The number of aromatic nitrogens is 1. The number of oxazole rings is 1. The maximum atomic E-state index is 11.0. The van der Waals surface area contributed by atoms with Gasteiger partial charge in [-0.3, -0.25) is 10.1 Å². The Kier molecular flexibility index (Phi) is 2.06. The number of nitrogens with zero attached hydrogens (tertiary/aromatic N) is 2. The molecule has 2 bridgehead atoms. The third-order valence-corrected chi connectivity index (χ3v) is 5.62. The molecule has 21 heavy (non-hydrogen) atoms. The molecule has 1 N–H and O–H groups in total. The van der Waals surface area contributed by atoms with Crippen molar-refractivity contribution in [3.05, 3.63) is 28.3 Å². The molecule has 0 saturated heterocycles. The lowest BCUT2D eigenvalue weighted by Crippen LogP contribution is -2.12. The third kappa shape index (κ3) is 1.50. The highest BCUT2D eigenvalue weighted by atomic mass is 16.6. The molecule has 3 fully saturated rings. The molecule has 1 heterocycles. The number of anilines is 1. The summed E-state index contributed by atoms with van der Waals surface area (Å²) >= 11 is 0. The van der Waals surface area contributed by atoms with Crippen LogP contribution in [0.15, 0.2) is 22.6 Å². The Labute approximate surface area is 120 Å². The highest BCUT2D eigenvalue weighted by Crippen LogP contribution is 2.66. The van der Waals surface area contributed by atoms with E-state index in [4.69, 9.17) is 4.42 Å². The summed E-state index contributed by atoms with van der Waals surface area (Å²) in [6.07, 6.45) is 4.12. The van der Waals surface area contributed by atoms with Gasteiger partial charge in [-0.15, -0.1) is 0 Å². The van der Waals surface area contributed by atoms with E-state index < -0.39 is 4.92 Å². The van der Waals surface area contributed by atoms with Crippen molar-refractivity contribution in [3.8, 4) is 0 Å². The van der Waals surface area contributed by atoms with Crippen LogP contribution in [0.3, 0.4) is 0 Å². The maximum Gasteiger partial charge on any atom is 0.298 e. The molecule has 0 radical (unpaired) electrons. The van der Waals surface area contributed by atoms with Gasteiger partial charge in [-0.2, -0.15) is 4.98 Å². The third-order valence-electron chi connectivity index (χ3n) is 5.62. The van der Waals surface area contributed by atoms with Crippen molar-refractivity contribution >= 4 is 22.8 Å². The van der Waals surface area contributed by atoms with Gasteiger partial charge in [0, 0.05) is 12.1 Å². The van der Waals surface area contributed by atoms with Crippen molar-refractivity contribution < 1.29 is 9.34 Å². The number of benzene rings is 1. The van der Waals surface area contributed by atoms with Gasteiger partial charge in [-0.05, 0) is 49.0 Å². The van der Waals surface area contributed by atoms with Gasteiger partial charge >= 0.3 is 0 Å². The quantitative estimate of drug-likeness (QED) is 0.691. The van der Waals surface area contributed by atoms with Crippen LogP contribution in [-0.4, -0.2) is 15.9 Å². The molecule has 0 amide bonds. The zero-order chi connectivity index (χ0) is 14.1. The van der Waals surface area contributed by atoms with Gasteiger partial charge in [0.15, 0.2) is 11.1 Å². The van der Waals surface area contributed by atoms with E-state index in [1.54, 1.807) is 12.1 Å². The number of nitrogens with one attached hydrogen (secondary N) is 1. The SMILES string of the molecule is O=[N+]([O-])c1cccc2oc(NC3C4C5CCC(C5)C34)nc12. The van der Waals surface area contributed by atoms with Crippen LogP contribution < -0.4 is 5.32 Å². The van der Waals surface area contributed by atoms with Crippen LogP contribution >= 0.6 is 0 Å². The zero-order valence-corrected chi connectivity index (χ0v) is 11.4. The summed E-state index contributed by atoms with van der Waals surface area (Å²) in [6, 6.07) is 5.70. The van der Waals surface area contributed by atoms with Gasteiger partial charge < -0.3 is 9.73 Å². The minimum absolute atomic E-state index is 0.000334. The van der Waals surface area contributed by atoms with Crippen molar-refractivity contribution in [2.75, 3.05) is 5.32 Å². The fraction of sp³-hybridized carbons (Fsp3) is 0.533. The number of para-hydroxylation sites is 1. The minimum atomic E-state index is -0.416. The van der Waals surface area contributed by atoms with Crippen LogP contribution in [0.25, 0.3) is 11.1 Å². The Balaban J connectivity index is 1.44. The highest BCUT2D eigenvalue weighted by Gasteiger charge is 2.65. The van der Waals surface area contributed by atoms with Gasteiger partial charge in [-0.25, -0.2) is 0 Å². The lowest BCUT2D eigenvalue weighted by molar-refractivity contribution is -0.383. The standard InChI is InChI=1S/C15H15N3O3/c19-18(20)9-2-1-3-10-13(9)16-15(21-10)17-14-11-7-4-5-8(6-7)12(11)14/h1-3,7-8,11-12,14H,4-6H2,(H,16,17). The molecule has 3 saturated carbocycles. The Morgan fingerprint density at radius 1 is 1.29 bits per heavy atom. The fourth-order valence-electron chi connectivity index (χ4n) is 4.80. The predicted octanol–water partition coefficient (Wildman–Crippen LogP) is 3.19. The summed E-state index contributed by atoms with van der Waals surface area (Å²) < 4.78 is 5.64. The second-order valence-electron chi connectivity index (χ2n) is 6.56. The fourth-order valence-corrected chi connectivity index (χ4v) is 4.80. The van der Waals surface area contributed by atoms with E-state index in [0.717, 1.165) is 23.7 Å². The van der Waals surface area contributed by atoms with Crippen LogP contribution in [-0.2, 0) is 0 Å². The second kappa shape index (κ2) is 3.75. The number of nitro benzene ring substituents is 1. The summed E-state index contributed by atoms with van der Waals surface area (Å²) in [5, 5.41) is 14.4. The molecule has 6 nitrogen and oxygen atoms in total. The predicted molar refractivity (Wildman–Crippen MR) is 75.9 cm³/mol. The molecule has 1 aromatic carbocycles. The number of non-ortho nitro benzene ring substituents is 1. The Hall–Kier alpha value is -2.11. The smallest absolute Gasteiger partial charge is 0.298 e. The summed E-state index contributed by atoms with van der Waals surface area (Å²) in [7, 11) is 0. The first-order valence-electron chi connectivity index (χ1n) is 7.53. The molecule has 3 aliphatic carbocycles. The average Bonchev–Trinajstić information content (AvgIpc) is 2.87. The van der Waals surface area contributed by atoms with Crippen LogP contribution in [0.2, 0.25) is 0 Å². The molecule has 5 rings (SSSR count). The lowest BCUT2D eigenvalue weighted by atomic mass is 10.0. The van der Waals surface area contributed by atoms with E-state index >= 15 is 0 Å². The van der Waals surface area contributed by atoms with Crippen molar-refractivity contribution in [1.29, 1.82) is 0 Å². The van der Waals surface area contributed by atoms with Crippen LogP contribution in [0, 0.1) is 33.8 Å². The normalized spacial score (nSPS) is 35.9. The Morgan fingerprint density at radius 2 is 2.05 bits per heavy atom. The number of fused-ring (bicyclic) bond motifs is 6. The molecule has 0 spiro atoms. The van der Waals surface area contributed by atoms with Crippen molar-refractivity contribution in [1.82, 2.24) is 4.98 Å². The van der Waals surface area contributed by atoms with Crippen molar-refractivity contribution in [2.45, 2.75) is 25.3 Å². The van der Waals surface area contributed by atoms with Crippen molar-refractivity contribution in [2.24, 2.45) is 23.7 Å². The van der Waals surface area contributed by atoms with Crippen LogP contribution in [0.5, 0.6) is 0 Å². The average molecular weight is 285 g/mol. The molecule has 108 valence electrons. The largest absolute Gasteiger partial charge is 0.423 e. The maximum absolute atomic E-state index is 11.0. The highest BCUT2D eigenvalue weighted by molar-refractivity contribution is 5.84. The first kappa shape index (κ1) is 11.5. The van der Waals surface area contributed by atoms with E-state index in [1.165, 1.54) is 25.3 Å². The van der Waals surface area contributed by atoms with Gasteiger partial charge in [-0.1, -0.05) is 6.07 Å². The van der Waals surface area contributed by atoms with Crippen molar-refractivity contribution in [3.63, 3.8) is 0 Å². The summed E-state index contributed by atoms with van der Waals surface area (Å²) in [6.45, 7) is 0. The molecule has 0 aliphatic heterocycles. The number of nitro groups is 1. The molecule has 4 atom stereocenters. The summed E-state index contributed by atoms with van der Waals surface area (Å²) in [4.78, 5) is 14.9. The zero-order valence-electron chi connectivity index (χ0n) is 11.4. The van der Waals surface area contributed by atoms with E-state index in [-0.39, 0.29) is 5.69 Å². The molecular formula is C15H15N3O3. The Morgan fingerprint density at radius 3 is 2.76 bits per heavy atom. The molecule has 3 aliphatic rings. The molecule has 1 aromatic heterocycles. The Bertz CT molecular complexity index is 740. The number of hydrogen-bond acceptors (Lipinski definition) is 5. The van der Waals surface area contributed by atoms with E-state index in [9.17, 15) is 10.1 Å². The molecule has 2 aromatic rings. The molecule has 6 heteroatoms. The van der Waals surface area contributed by atoms with Gasteiger partial charge in [0.05, 0.1) is 4.92 Å². The first-order valence-corrected chi connectivity index (χ1v) is 7.53. The van der Waals surface area contributed by atoms with Gasteiger partial charge in [0.2, 0.25) is 0 Å². The summed E-state index contributed by atoms with van der Waals surface area (Å²) in [5.74, 6) is 3.29. The monoisotopic (exact) mass is 285 g/mol. The first-order chi connectivity index (χ1) is 10.2. The summed E-state index contributed by atoms with van der Waals surface area (Å²) in [5.41, 5.74) is 0.805. The van der Waals surface area contributed by atoms with Crippen LogP contribution in [0.4, 0.5) is 11.7 Å². The number of hydrogen-bond donors (Lipinski definition) is 1. The molecular weight excluding hydrogens is 270 g/mol. The lowest BCUT2D eigenvalue weighted by Gasteiger charge is -2.08. The van der Waals surface area contributed by atoms with Gasteiger partial charge in [0.1, 0.15) is 0 Å². The van der Waals surface area contributed by atoms with E-state index in [1.807, 2.05) is 0 Å². The minimum Gasteiger partial charge on any atom is -0.423 e. The van der Waals surface area contributed by atoms with E-state index in [0.29, 0.717) is 23.2 Å².